The van der Waals surface area contributed by atoms with Gasteiger partial charge in [0.05, 0.1) is 0 Å². The van der Waals surface area contributed by atoms with Crippen molar-refractivity contribution >= 4 is 17.9 Å². The van der Waals surface area contributed by atoms with Crippen LogP contribution in [0, 0.1) is 0 Å². The summed E-state index contributed by atoms with van der Waals surface area (Å²) in [6, 6.07) is 0. The van der Waals surface area contributed by atoms with E-state index in [2.05, 4.69) is 106 Å². The second kappa shape index (κ2) is 66.1. The Labute approximate surface area is 484 Å². The lowest BCUT2D eigenvalue weighted by atomic mass is 10.0. The van der Waals surface area contributed by atoms with Gasteiger partial charge in [-0.25, -0.2) is 0 Å². The predicted molar refractivity (Wildman–Crippen MR) is 339 cm³/mol. The fourth-order valence-electron chi connectivity index (χ4n) is 9.59. The lowest BCUT2D eigenvalue weighted by molar-refractivity contribution is -0.167. The van der Waals surface area contributed by atoms with E-state index in [4.69, 9.17) is 14.2 Å². The predicted octanol–water partition coefficient (Wildman–Crippen LogP) is 23.1. The first-order valence-electron chi connectivity index (χ1n) is 33.6. The van der Waals surface area contributed by atoms with E-state index in [0.717, 1.165) is 103 Å². The van der Waals surface area contributed by atoms with Gasteiger partial charge in [-0.15, -0.1) is 0 Å². The third-order valence-electron chi connectivity index (χ3n) is 14.6. The molecule has 0 saturated heterocycles. The molecule has 6 heteroatoms. The molecule has 6 nitrogen and oxygen atoms in total. The van der Waals surface area contributed by atoms with Crippen LogP contribution in [-0.2, 0) is 28.6 Å². The molecule has 0 radical (unpaired) electrons. The van der Waals surface area contributed by atoms with Crippen molar-refractivity contribution in [3.63, 3.8) is 0 Å². The average Bonchev–Trinajstić information content (AvgIpc) is 3.44. The van der Waals surface area contributed by atoms with Crippen molar-refractivity contribution in [3.8, 4) is 0 Å². The standard InChI is InChI=1S/C72H126O6/c1-4-7-10-13-16-19-22-24-26-28-30-32-34-36-38-40-42-44-46-48-50-53-56-59-62-65-71(74)77-68-69(67-76-70(73)64-61-58-55-52-21-18-15-12-9-6-3)78-72(75)66-63-60-57-54-51-49-47-45-43-41-39-37-35-33-31-29-27-25-23-20-17-14-11-8-5-2/h7,10,12,15-16,19,23-26,29-32,69H,4-6,8-9,11,13-14,17-18,20-22,27-28,33-68H2,1-3H3/b10-7-,15-12-,19-16-,25-23-,26-24-,31-29-,32-30-. The van der Waals surface area contributed by atoms with E-state index >= 15 is 0 Å². The zero-order valence-electron chi connectivity index (χ0n) is 51.7. The molecule has 1 atom stereocenters. The molecule has 0 aliphatic heterocycles. The zero-order chi connectivity index (χ0) is 56.4. The fourth-order valence-corrected chi connectivity index (χ4v) is 9.59. The minimum atomic E-state index is -0.781. The quantitative estimate of drug-likeness (QED) is 0.0261. The molecule has 0 aromatic carbocycles. The molecule has 0 aromatic rings. The molecule has 0 aliphatic carbocycles. The van der Waals surface area contributed by atoms with Crippen molar-refractivity contribution < 1.29 is 28.6 Å². The minimum absolute atomic E-state index is 0.0783. The lowest BCUT2D eigenvalue weighted by Gasteiger charge is -2.18. The number of carbonyl (C=O) groups excluding carboxylic acids is 3. The van der Waals surface area contributed by atoms with Gasteiger partial charge < -0.3 is 14.2 Å². The Morgan fingerprint density at radius 2 is 0.526 bits per heavy atom. The van der Waals surface area contributed by atoms with E-state index in [1.54, 1.807) is 0 Å². The van der Waals surface area contributed by atoms with Crippen LogP contribution >= 0.6 is 0 Å². The molecule has 0 bridgehead atoms. The Morgan fingerprint density at radius 1 is 0.269 bits per heavy atom. The Morgan fingerprint density at radius 3 is 0.846 bits per heavy atom. The van der Waals surface area contributed by atoms with Crippen LogP contribution in [0.3, 0.4) is 0 Å². The Kier molecular flexibility index (Phi) is 63.2. The summed E-state index contributed by atoms with van der Waals surface area (Å²) in [5, 5.41) is 0. The van der Waals surface area contributed by atoms with Crippen LogP contribution in [0.2, 0.25) is 0 Å². The van der Waals surface area contributed by atoms with Crippen LogP contribution in [-0.4, -0.2) is 37.2 Å². The van der Waals surface area contributed by atoms with Crippen LogP contribution in [0.4, 0.5) is 0 Å². The van der Waals surface area contributed by atoms with Gasteiger partial charge in [0.1, 0.15) is 13.2 Å². The lowest BCUT2D eigenvalue weighted by Crippen LogP contribution is -2.30. The van der Waals surface area contributed by atoms with Crippen molar-refractivity contribution in [2.75, 3.05) is 13.2 Å². The number of ether oxygens (including phenoxy) is 3. The highest BCUT2D eigenvalue weighted by atomic mass is 16.6. The summed E-state index contributed by atoms with van der Waals surface area (Å²) in [5.74, 6) is -0.878. The van der Waals surface area contributed by atoms with E-state index in [9.17, 15) is 14.4 Å². The van der Waals surface area contributed by atoms with Gasteiger partial charge in [0.25, 0.3) is 0 Å². The number of carbonyl (C=O) groups is 3. The van der Waals surface area contributed by atoms with Crippen molar-refractivity contribution in [1.82, 2.24) is 0 Å². The van der Waals surface area contributed by atoms with Gasteiger partial charge in [0, 0.05) is 19.3 Å². The molecule has 0 aromatic heterocycles. The topological polar surface area (TPSA) is 78.9 Å². The SMILES string of the molecule is CC/C=C\C/C=C\C/C=C\C/C=C\CCCCCCCCCCCCCCC(=O)OCC(COC(=O)CCCCCCC/C=C\CCC)OC(=O)CCCCCCCCCCCCCCC/C=C\C/C=C\CCCCCCC. The molecule has 1 unspecified atom stereocenters. The van der Waals surface area contributed by atoms with Crippen molar-refractivity contribution in [2.45, 2.75) is 341 Å². The van der Waals surface area contributed by atoms with Gasteiger partial charge in [-0.3, -0.25) is 14.4 Å². The third-order valence-corrected chi connectivity index (χ3v) is 14.6. The van der Waals surface area contributed by atoms with Gasteiger partial charge >= 0.3 is 17.9 Å². The molecule has 0 spiro atoms. The largest absolute Gasteiger partial charge is 0.462 e. The van der Waals surface area contributed by atoms with Gasteiger partial charge in [-0.2, -0.15) is 0 Å². The van der Waals surface area contributed by atoms with E-state index in [1.165, 1.54) is 193 Å². The highest BCUT2D eigenvalue weighted by molar-refractivity contribution is 5.71. The van der Waals surface area contributed by atoms with Gasteiger partial charge in [0.15, 0.2) is 6.10 Å². The van der Waals surface area contributed by atoms with E-state index in [-0.39, 0.29) is 31.1 Å². The molecule has 0 heterocycles. The molecule has 0 fully saturated rings. The third kappa shape index (κ3) is 63.4. The van der Waals surface area contributed by atoms with Crippen molar-refractivity contribution in [2.24, 2.45) is 0 Å². The zero-order valence-corrected chi connectivity index (χ0v) is 51.7. The van der Waals surface area contributed by atoms with E-state index in [1.807, 2.05) is 0 Å². The molecule has 0 rings (SSSR count). The first-order valence-corrected chi connectivity index (χ1v) is 33.6. The highest BCUT2D eigenvalue weighted by Crippen LogP contribution is 2.17. The number of hydrogen-bond acceptors (Lipinski definition) is 6. The molecule has 78 heavy (non-hydrogen) atoms. The van der Waals surface area contributed by atoms with Crippen LogP contribution in [0.5, 0.6) is 0 Å². The summed E-state index contributed by atoms with van der Waals surface area (Å²) in [6.45, 7) is 6.48. The average molecular weight is 1090 g/mol. The maximum Gasteiger partial charge on any atom is 0.306 e. The first kappa shape index (κ1) is 74.6. The van der Waals surface area contributed by atoms with E-state index in [0.29, 0.717) is 19.3 Å². The molecular weight excluding hydrogens is 961 g/mol. The summed E-state index contributed by atoms with van der Waals surface area (Å²) in [6.07, 6.45) is 87.5. The summed E-state index contributed by atoms with van der Waals surface area (Å²) >= 11 is 0. The Hall–Kier alpha value is -3.41. The second-order valence-corrected chi connectivity index (χ2v) is 22.3. The monoisotopic (exact) mass is 1090 g/mol. The van der Waals surface area contributed by atoms with Crippen molar-refractivity contribution in [3.05, 3.63) is 85.1 Å². The molecule has 0 N–H and O–H groups in total. The Balaban J connectivity index is 4.21. The molecular formula is C72H126O6. The minimum Gasteiger partial charge on any atom is -0.462 e. The van der Waals surface area contributed by atoms with Crippen LogP contribution < -0.4 is 0 Å². The van der Waals surface area contributed by atoms with Crippen LogP contribution in [0.1, 0.15) is 335 Å². The summed E-state index contributed by atoms with van der Waals surface area (Å²) in [4.78, 5) is 38.3. The normalized spacial score (nSPS) is 12.6. The van der Waals surface area contributed by atoms with Crippen LogP contribution in [0.25, 0.3) is 0 Å². The summed E-state index contributed by atoms with van der Waals surface area (Å²) in [5.41, 5.74) is 0. The molecule has 0 amide bonds. The number of hydrogen-bond donors (Lipinski definition) is 0. The van der Waals surface area contributed by atoms with Gasteiger partial charge in [-0.1, -0.05) is 292 Å². The summed E-state index contributed by atoms with van der Waals surface area (Å²) in [7, 11) is 0. The first-order chi connectivity index (χ1) is 38.5. The molecule has 0 saturated carbocycles. The van der Waals surface area contributed by atoms with Crippen LogP contribution in [0.15, 0.2) is 85.1 Å². The number of rotatable bonds is 61. The maximum atomic E-state index is 12.9. The molecule has 0 aliphatic rings. The summed E-state index contributed by atoms with van der Waals surface area (Å²) < 4.78 is 16.9. The fraction of sp³-hybridized carbons (Fsp3) is 0.764. The van der Waals surface area contributed by atoms with E-state index < -0.39 is 6.10 Å². The number of allylic oxidation sites excluding steroid dienone is 14. The Bertz CT molecular complexity index is 1480. The van der Waals surface area contributed by atoms with Gasteiger partial charge in [0.2, 0.25) is 0 Å². The number of esters is 3. The van der Waals surface area contributed by atoms with Crippen molar-refractivity contribution in [1.29, 1.82) is 0 Å². The smallest absolute Gasteiger partial charge is 0.306 e. The molecule has 450 valence electrons. The highest BCUT2D eigenvalue weighted by Gasteiger charge is 2.19. The maximum absolute atomic E-state index is 12.9. The second-order valence-electron chi connectivity index (χ2n) is 22.3. The van der Waals surface area contributed by atoms with Gasteiger partial charge in [-0.05, 0) is 109 Å². The number of unbranched alkanes of at least 4 members (excludes halogenated alkanes) is 36.